The zero-order valence-electron chi connectivity index (χ0n) is 18.1. The Kier molecular flexibility index (Phi) is 6.65. The summed E-state index contributed by atoms with van der Waals surface area (Å²) in [6, 6.07) is 5.94. The largest absolute Gasteiger partial charge is 0.491 e. The summed E-state index contributed by atoms with van der Waals surface area (Å²) in [7, 11) is 0. The third-order valence-electron chi connectivity index (χ3n) is 6.20. The summed E-state index contributed by atoms with van der Waals surface area (Å²) in [5.74, 6) is -15.7. The van der Waals surface area contributed by atoms with E-state index < -0.39 is 68.7 Å². The van der Waals surface area contributed by atoms with E-state index in [2.05, 4.69) is 6.58 Å². The SMILES string of the molecule is C=CC1=CC[C@@]2(Cl)C(=O)N(c3c(F)c(F)c(F)c(F)c3F)C(=O)[C@@]2(Cl)[C@H]1c1ccc(OCCO)cc1. The summed E-state index contributed by atoms with van der Waals surface area (Å²) in [6.07, 6.45) is 2.40. The van der Waals surface area contributed by atoms with E-state index in [-0.39, 0.29) is 18.1 Å². The molecule has 36 heavy (non-hydrogen) atoms. The highest BCUT2D eigenvalue weighted by molar-refractivity contribution is 6.58. The summed E-state index contributed by atoms with van der Waals surface area (Å²) in [4.78, 5) is 22.0. The highest BCUT2D eigenvalue weighted by atomic mass is 35.5. The van der Waals surface area contributed by atoms with Crippen LogP contribution >= 0.6 is 23.2 Å². The van der Waals surface area contributed by atoms with Crippen molar-refractivity contribution in [2.45, 2.75) is 22.1 Å². The average molecular weight is 548 g/mol. The minimum absolute atomic E-state index is 0.00862. The number of allylic oxidation sites excluding steroid dienone is 3. The van der Waals surface area contributed by atoms with Gasteiger partial charge in [0.05, 0.1) is 6.61 Å². The van der Waals surface area contributed by atoms with Crippen molar-refractivity contribution in [3.8, 4) is 5.75 Å². The maximum Gasteiger partial charge on any atom is 0.258 e. The van der Waals surface area contributed by atoms with Crippen molar-refractivity contribution in [3.05, 3.63) is 83.2 Å². The molecule has 1 aliphatic carbocycles. The van der Waals surface area contributed by atoms with E-state index in [0.717, 1.165) is 0 Å². The van der Waals surface area contributed by atoms with Gasteiger partial charge in [0.15, 0.2) is 33.0 Å². The van der Waals surface area contributed by atoms with Crippen molar-refractivity contribution < 1.29 is 41.4 Å². The average Bonchev–Trinajstić information content (AvgIpc) is 3.02. The Morgan fingerprint density at radius 2 is 1.56 bits per heavy atom. The van der Waals surface area contributed by atoms with Crippen molar-refractivity contribution in [1.29, 1.82) is 0 Å². The Morgan fingerprint density at radius 1 is 1.00 bits per heavy atom. The Labute approximate surface area is 211 Å². The minimum atomic E-state index is -2.46. The van der Waals surface area contributed by atoms with E-state index in [1.807, 2.05) is 0 Å². The number of rotatable bonds is 6. The monoisotopic (exact) mass is 547 g/mol. The Balaban J connectivity index is 1.90. The van der Waals surface area contributed by atoms with Crippen LogP contribution in [0.5, 0.6) is 5.75 Å². The lowest BCUT2D eigenvalue weighted by Crippen LogP contribution is -2.54. The van der Waals surface area contributed by atoms with Gasteiger partial charge in [-0.3, -0.25) is 9.59 Å². The van der Waals surface area contributed by atoms with Gasteiger partial charge in [-0.2, -0.15) is 0 Å². The maximum atomic E-state index is 14.6. The van der Waals surface area contributed by atoms with Gasteiger partial charge in [0.2, 0.25) is 5.82 Å². The van der Waals surface area contributed by atoms with Crippen LogP contribution in [0.4, 0.5) is 27.6 Å². The fourth-order valence-corrected chi connectivity index (χ4v) is 5.33. The molecule has 3 atom stereocenters. The molecule has 1 aliphatic heterocycles. The topological polar surface area (TPSA) is 66.8 Å². The first-order valence-corrected chi connectivity index (χ1v) is 11.2. The van der Waals surface area contributed by atoms with Crippen molar-refractivity contribution >= 4 is 40.7 Å². The van der Waals surface area contributed by atoms with Gasteiger partial charge in [-0.25, -0.2) is 26.9 Å². The summed E-state index contributed by atoms with van der Waals surface area (Å²) < 4.78 is 76.0. The molecular formula is C24H16Cl2F5NO4. The number of alkyl halides is 2. The lowest BCUT2D eigenvalue weighted by Gasteiger charge is -2.42. The fourth-order valence-electron chi connectivity index (χ4n) is 4.49. The fraction of sp³-hybridized carbons (Fsp3) is 0.250. The lowest BCUT2D eigenvalue weighted by atomic mass is 9.68. The number of hydrogen-bond donors (Lipinski definition) is 1. The number of carbonyl (C=O) groups is 2. The van der Waals surface area contributed by atoms with E-state index in [1.54, 1.807) is 0 Å². The van der Waals surface area contributed by atoms with E-state index in [9.17, 15) is 31.5 Å². The first-order chi connectivity index (χ1) is 16.9. The number of imide groups is 1. The molecule has 0 bridgehead atoms. The smallest absolute Gasteiger partial charge is 0.258 e. The predicted molar refractivity (Wildman–Crippen MR) is 121 cm³/mol. The number of amides is 2. The number of ether oxygens (including phenoxy) is 1. The summed E-state index contributed by atoms with van der Waals surface area (Å²) in [5.41, 5.74) is -1.11. The van der Waals surface area contributed by atoms with Gasteiger partial charge in [-0.15, -0.1) is 23.2 Å². The Morgan fingerprint density at radius 3 is 2.08 bits per heavy atom. The quantitative estimate of drug-likeness (QED) is 0.184. The molecule has 4 rings (SSSR count). The van der Waals surface area contributed by atoms with Crippen LogP contribution in [-0.4, -0.2) is 39.9 Å². The maximum absolute atomic E-state index is 14.6. The van der Waals surface area contributed by atoms with E-state index in [0.29, 0.717) is 16.9 Å². The molecule has 5 nitrogen and oxygen atoms in total. The Bertz CT molecular complexity index is 1290. The molecule has 2 aliphatic rings. The predicted octanol–water partition coefficient (Wildman–Crippen LogP) is 4.88. The molecule has 1 fully saturated rings. The van der Waals surface area contributed by atoms with Crippen LogP contribution in [0, 0.1) is 29.1 Å². The van der Waals surface area contributed by atoms with Crippen molar-refractivity contribution in [3.63, 3.8) is 0 Å². The molecule has 0 radical (unpaired) electrons. The first kappa shape index (κ1) is 26.1. The molecule has 1 N–H and O–H groups in total. The Hall–Kier alpha value is -2.95. The number of nitrogens with zero attached hydrogens (tertiary/aromatic N) is 1. The molecule has 1 heterocycles. The first-order valence-electron chi connectivity index (χ1n) is 10.4. The molecule has 12 heteroatoms. The summed E-state index contributed by atoms with van der Waals surface area (Å²) in [6.45, 7) is 3.45. The molecule has 1 saturated heterocycles. The molecule has 2 aromatic rings. The molecule has 0 aromatic heterocycles. The van der Waals surface area contributed by atoms with Crippen molar-refractivity contribution in [1.82, 2.24) is 0 Å². The molecule has 2 amide bonds. The van der Waals surface area contributed by atoms with E-state index >= 15 is 0 Å². The van der Waals surface area contributed by atoms with Gasteiger partial charge in [-0.05, 0) is 29.7 Å². The second kappa shape index (κ2) is 9.17. The number of fused-ring (bicyclic) bond motifs is 1. The molecule has 190 valence electrons. The third kappa shape index (κ3) is 3.46. The van der Waals surface area contributed by atoms with Crippen molar-refractivity contribution in [2.24, 2.45) is 0 Å². The highest BCUT2D eigenvalue weighted by Gasteiger charge is 2.73. The standard InChI is InChI=1S/C24H16Cl2F5NO4/c1-2-11-7-8-23(25)21(34)32(20-18(30)16(28)15(27)17(29)19(20)31)22(35)24(23,26)14(11)12-3-5-13(6-4-12)36-10-9-33/h2-7,14,33H,1,8-10H2/t14-,23-,24+/m1/s1. The summed E-state index contributed by atoms with van der Waals surface area (Å²) >= 11 is 13.4. The molecule has 2 aromatic carbocycles. The van der Waals surface area contributed by atoms with Gasteiger partial charge in [-0.1, -0.05) is 30.9 Å². The minimum Gasteiger partial charge on any atom is -0.491 e. The van der Waals surface area contributed by atoms with Crippen LogP contribution in [0.3, 0.4) is 0 Å². The van der Waals surface area contributed by atoms with Crippen molar-refractivity contribution in [2.75, 3.05) is 18.1 Å². The summed E-state index contributed by atoms with van der Waals surface area (Å²) in [5, 5.41) is 8.91. The number of anilines is 1. The number of halogens is 7. The van der Waals surface area contributed by atoms with Gasteiger partial charge in [0.25, 0.3) is 11.8 Å². The van der Waals surface area contributed by atoms with Crippen LogP contribution in [-0.2, 0) is 9.59 Å². The zero-order chi connectivity index (χ0) is 26.6. The number of benzene rings is 2. The molecule has 0 saturated carbocycles. The zero-order valence-corrected chi connectivity index (χ0v) is 19.6. The van der Waals surface area contributed by atoms with Gasteiger partial charge in [0.1, 0.15) is 18.0 Å². The second-order valence-electron chi connectivity index (χ2n) is 8.06. The van der Waals surface area contributed by atoms with Crippen LogP contribution < -0.4 is 9.64 Å². The van der Waals surface area contributed by atoms with Crippen LogP contribution in [0.15, 0.2) is 48.6 Å². The second-order valence-corrected chi connectivity index (χ2v) is 9.31. The van der Waals surface area contributed by atoms with Crippen LogP contribution in [0.25, 0.3) is 0 Å². The van der Waals surface area contributed by atoms with Crippen LogP contribution in [0.2, 0.25) is 0 Å². The number of carbonyl (C=O) groups excluding carboxylic acids is 2. The number of aliphatic hydroxyl groups is 1. The normalized spacial score (nSPS) is 25.6. The lowest BCUT2D eigenvalue weighted by molar-refractivity contribution is -0.122. The number of hydrogen-bond acceptors (Lipinski definition) is 4. The van der Waals surface area contributed by atoms with Gasteiger partial charge in [0, 0.05) is 5.92 Å². The van der Waals surface area contributed by atoms with Crippen LogP contribution in [0.1, 0.15) is 17.9 Å². The third-order valence-corrected chi connectivity index (χ3v) is 7.62. The molecule has 0 unspecified atom stereocenters. The van der Waals surface area contributed by atoms with E-state index in [4.69, 9.17) is 33.0 Å². The number of aliphatic hydroxyl groups excluding tert-OH is 1. The van der Waals surface area contributed by atoms with E-state index in [1.165, 1.54) is 36.4 Å². The highest BCUT2D eigenvalue weighted by Crippen LogP contribution is 2.60. The van der Waals surface area contributed by atoms with Gasteiger partial charge < -0.3 is 9.84 Å². The van der Waals surface area contributed by atoms with Gasteiger partial charge >= 0.3 is 0 Å². The molecule has 0 spiro atoms. The molecular weight excluding hydrogens is 532 g/mol.